The Bertz CT molecular complexity index is 896. The molecule has 5 rings (SSSR count). The molecule has 0 bridgehead atoms. The van der Waals surface area contributed by atoms with Gasteiger partial charge in [-0.25, -0.2) is 0 Å². The summed E-state index contributed by atoms with van der Waals surface area (Å²) in [6, 6.07) is 0. The lowest BCUT2D eigenvalue weighted by Gasteiger charge is -2.61. The highest BCUT2D eigenvalue weighted by Crippen LogP contribution is 2.67. The van der Waals surface area contributed by atoms with E-state index in [2.05, 4.69) is 36.3 Å². The fourth-order valence-electron chi connectivity index (χ4n) is 8.86. The average molecular weight is 441 g/mol. The van der Waals surface area contributed by atoms with Gasteiger partial charge in [-0.1, -0.05) is 27.2 Å². The second-order valence-corrected chi connectivity index (χ2v) is 12.0. The third kappa shape index (κ3) is 3.35. The minimum Gasteiger partial charge on any atom is -0.354 e. The first-order valence-electron chi connectivity index (χ1n) is 12.9. The summed E-state index contributed by atoms with van der Waals surface area (Å²) in [7, 11) is 1.57. The first-order chi connectivity index (χ1) is 15.3. The SMILES string of the molecule is CNC(=O)c1cnn(CC(=O)[C@H]2CCC3[C@@H]4CC[C@@H]5C[C@@H](C)CC[C@]5(C)[C@H]4CC[C@@]32C)n1. The van der Waals surface area contributed by atoms with Crippen molar-refractivity contribution in [2.24, 2.45) is 46.3 Å². The predicted octanol–water partition coefficient (Wildman–Crippen LogP) is 4.50. The van der Waals surface area contributed by atoms with Crippen LogP contribution >= 0.6 is 0 Å². The van der Waals surface area contributed by atoms with Crippen molar-refractivity contribution in [2.45, 2.75) is 85.1 Å². The number of nitrogens with one attached hydrogen (secondary N) is 1. The Labute approximate surface area is 192 Å². The number of aromatic nitrogens is 3. The first kappa shape index (κ1) is 22.1. The molecule has 0 radical (unpaired) electrons. The molecular weight excluding hydrogens is 400 g/mol. The molecule has 1 heterocycles. The van der Waals surface area contributed by atoms with E-state index in [0.717, 1.165) is 30.1 Å². The van der Waals surface area contributed by atoms with E-state index in [-0.39, 0.29) is 35.3 Å². The van der Waals surface area contributed by atoms with Gasteiger partial charge in [-0.05, 0) is 91.8 Å². The molecule has 1 aromatic rings. The molecule has 0 aromatic carbocycles. The second-order valence-electron chi connectivity index (χ2n) is 12.0. The molecule has 0 spiro atoms. The molecular formula is C26H40N4O2. The zero-order valence-electron chi connectivity index (χ0n) is 20.3. The van der Waals surface area contributed by atoms with Crippen LogP contribution in [0.3, 0.4) is 0 Å². The van der Waals surface area contributed by atoms with E-state index < -0.39 is 0 Å². The maximum Gasteiger partial charge on any atom is 0.273 e. The van der Waals surface area contributed by atoms with Crippen molar-refractivity contribution in [3.05, 3.63) is 11.9 Å². The van der Waals surface area contributed by atoms with Gasteiger partial charge < -0.3 is 5.32 Å². The van der Waals surface area contributed by atoms with Gasteiger partial charge in [0.25, 0.3) is 5.91 Å². The van der Waals surface area contributed by atoms with Crippen LogP contribution in [-0.4, -0.2) is 33.7 Å². The lowest BCUT2D eigenvalue weighted by Crippen LogP contribution is -2.53. The second kappa shape index (κ2) is 7.95. The third-order valence-corrected chi connectivity index (χ3v) is 10.6. The molecule has 0 saturated heterocycles. The highest BCUT2D eigenvalue weighted by atomic mass is 16.2. The summed E-state index contributed by atoms with van der Waals surface area (Å²) in [5, 5.41) is 10.9. The molecule has 6 nitrogen and oxygen atoms in total. The van der Waals surface area contributed by atoms with Gasteiger partial charge in [0.05, 0.1) is 6.20 Å². The standard InChI is InChI=1S/C26H40N4O2/c1-16-9-11-25(2)17(13-16)5-6-18-19-7-8-21(26(19,3)12-10-20(18)25)23(31)15-30-28-14-22(29-30)24(32)27-4/h14,16-21H,5-13,15H2,1-4H3,(H,27,32)/t16-,17+,18-,19?,20-,21+,25-,26-/m0/s1. The number of carbonyl (C=O) groups is 2. The van der Waals surface area contributed by atoms with E-state index in [1.807, 2.05) is 0 Å². The molecule has 1 aromatic heterocycles. The third-order valence-electron chi connectivity index (χ3n) is 10.6. The Morgan fingerprint density at radius 3 is 2.59 bits per heavy atom. The summed E-state index contributed by atoms with van der Waals surface area (Å²) >= 11 is 0. The number of hydrogen-bond donors (Lipinski definition) is 1. The van der Waals surface area contributed by atoms with Gasteiger partial charge in [-0.3, -0.25) is 9.59 Å². The smallest absolute Gasteiger partial charge is 0.273 e. The average Bonchev–Trinajstić information content (AvgIpc) is 3.37. The molecule has 1 N–H and O–H groups in total. The maximum absolute atomic E-state index is 13.4. The van der Waals surface area contributed by atoms with E-state index in [4.69, 9.17) is 0 Å². The minimum absolute atomic E-state index is 0.0970. The Kier molecular flexibility index (Phi) is 5.49. The highest BCUT2D eigenvalue weighted by Gasteiger charge is 2.60. The molecule has 176 valence electrons. The lowest BCUT2D eigenvalue weighted by molar-refractivity contribution is -0.137. The number of hydrogen-bond acceptors (Lipinski definition) is 4. The van der Waals surface area contributed by atoms with Gasteiger partial charge in [-0.2, -0.15) is 9.90 Å². The number of fused-ring (bicyclic) bond motifs is 5. The molecule has 4 saturated carbocycles. The van der Waals surface area contributed by atoms with Crippen molar-refractivity contribution in [2.75, 3.05) is 7.05 Å². The Balaban J connectivity index is 1.31. The summed E-state index contributed by atoms with van der Waals surface area (Å²) in [6.45, 7) is 7.65. The van der Waals surface area contributed by atoms with Crippen LogP contribution in [0.4, 0.5) is 0 Å². The monoisotopic (exact) mass is 440 g/mol. The predicted molar refractivity (Wildman–Crippen MR) is 123 cm³/mol. The number of ketones is 1. The summed E-state index contributed by atoms with van der Waals surface area (Å²) in [6.07, 6.45) is 13.1. The number of rotatable bonds is 4. The normalized spacial score (nSPS) is 43.1. The van der Waals surface area contributed by atoms with Crippen LogP contribution in [0.15, 0.2) is 6.20 Å². The summed E-state index contributed by atoms with van der Waals surface area (Å²) < 4.78 is 0. The van der Waals surface area contributed by atoms with Crippen LogP contribution < -0.4 is 5.32 Å². The number of carbonyl (C=O) groups excluding carboxylic acids is 2. The van der Waals surface area contributed by atoms with E-state index in [1.165, 1.54) is 62.4 Å². The Morgan fingerprint density at radius 2 is 1.81 bits per heavy atom. The van der Waals surface area contributed by atoms with E-state index >= 15 is 0 Å². The summed E-state index contributed by atoms with van der Waals surface area (Å²) in [5.41, 5.74) is 0.900. The number of Topliss-reactive ketones (excluding diaryl/α,β-unsaturated/α-hetero) is 1. The van der Waals surface area contributed by atoms with E-state index in [0.29, 0.717) is 11.3 Å². The number of nitrogens with zero attached hydrogens (tertiary/aromatic N) is 3. The molecule has 8 atom stereocenters. The van der Waals surface area contributed by atoms with E-state index in [9.17, 15) is 9.59 Å². The molecule has 4 fully saturated rings. The molecule has 32 heavy (non-hydrogen) atoms. The Morgan fingerprint density at radius 1 is 1.06 bits per heavy atom. The van der Waals surface area contributed by atoms with Crippen LogP contribution in [0.25, 0.3) is 0 Å². The fourth-order valence-corrected chi connectivity index (χ4v) is 8.86. The Hall–Kier alpha value is -1.72. The topological polar surface area (TPSA) is 76.9 Å². The largest absolute Gasteiger partial charge is 0.354 e. The molecule has 0 aliphatic heterocycles. The van der Waals surface area contributed by atoms with Crippen molar-refractivity contribution in [3.8, 4) is 0 Å². The van der Waals surface area contributed by atoms with Crippen LogP contribution in [0.2, 0.25) is 0 Å². The minimum atomic E-state index is -0.267. The summed E-state index contributed by atoms with van der Waals surface area (Å²) in [4.78, 5) is 26.6. The lowest BCUT2D eigenvalue weighted by atomic mass is 9.44. The molecule has 4 aliphatic rings. The van der Waals surface area contributed by atoms with Crippen molar-refractivity contribution in [3.63, 3.8) is 0 Å². The van der Waals surface area contributed by atoms with Crippen molar-refractivity contribution in [1.82, 2.24) is 20.3 Å². The van der Waals surface area contributed by atoms with Gasteiger partial charge >= 0.3 is 0 Å². The zero-order valence-corrected chi connectivity index (χ0v) is 20.3. The zero-order chi connectivity index (χ0) is 22.7. The molecule has 1 amide bonds. The molecule has 4 aliphatic carbocycles. The van der Waals surface area contributed by atoms with Crippen LogP contribution in [-0.2, 0) is 11.3 Å². The fraction of sp³-hybridized carbons (Fsp3) is 0.846. The van der Waals surface area contributed by atoms with Crippen molar-refractivity contribution >= 4 is 11.7 Å². The van der Waals surface area contributed by atoms with Gasteiger partial charge in [0.15, 0.2) is 11.5 Å². The van der Waals surface area contributed by atoms with Gasteiger partial charge in [0.2, 0.25) is 0 Å². The van der Waals surface area contributed by atoms with Crippen LogP contribution in [0, 0.1) is 46.3 Å². The summed E-state index contributed by atoms with van der Waals surface area (Å²) in [5.74, 6) is 4.21. The first-order valence-corrected chi connectivity index (χ1v) is 12.9. The molecule has 6 heteroatoms. The van der Waals surface area contributed by atoms with E-state index in [1.54, 1.807) is 7.05 Å². The quantitative estimate of drug-likeness (QED) is 0.748. The van der Waals surface area contributed by atoms with Crippen LogP contribution in [0.5, 0.6) is 0 Å². The van der Waals surface area contributed by atoms with Crippen molar-refractivity contribution in [1.29, 1.82) is 0 Å². The maximum atomic E-state index is 13.4. The highest BCUT2D eigenvalue weighted by molar-refractivity contribution is 5.91. The number of amides is 1. The molecule has 1 unspecified atom stereocenters. The van der Waals surface area contributed by atoms with Crippen molar-refractivity contribution < 1.29 is 9.59 Å². The van der Waals surface area contributed by atoms with Gasteiger partial charge in [-0.15, -0.1) is 5.10 Å². The van der Waals surface area contributed by atoms with Gasteiger partial charge in [0.1, 0.15) is 6.54 Å². The van der Waals surface area contributed by atoms with Crippen LogP contribution in [0.1, 0.15) is 89.0 Å². The van der Waals surface area contributed by atoms with Gasteiger partial charge in [0, 0.05) is 13.0 Å².